The molecule has 0 spiro atoms. The van der Waals surface area contributed by atoms with Crippen LogP contribution in [-0.2, 0) is 0 Å². The molecule has 1 nitrogen and oxygen atoms in total. The summed E-state index contributed by atoms with van der Waals surface area (Å²) < 4.78 is 1.66. The summed E-state index contributed by atoms with van der Waals surface area (Å²) in [4.78, 5) is 4.80. The molecule has 1 fully saturated rings. The van der Waals surface area contributed by atoms with Crippen LogP contribution in [0.15, 0.2) is 42.6 Å². The second-order valence-corrected chi connectivity index (χ2v) is 17.8. The Balaban J connectivity index is 2.07. The fourth-order valence-electron chi connectivity index (χ4n) is 3.44. The quantitative estimate of drug-likeness (QED) is 0.721. The van der Waals surface area contributed by atoms with Gasteiger partial charge in [0.1, 0.15) is 0 Å². The maximum atomic E-state index is 4.80. The molecule has 0 amide bonds. The van der Waals surface area contributed by atoms with Crippen LogP contribution in [0.1, 0.15) is 37.2 Å². The van der Waals surface area contributed by atoms with Crippen LogP contribution in [0.3, 0.4) is 0 Å². The van der Waals surface area contributed by atoms with Crippen molar-refractivity contribution in [2.75, 3.05) is 0 Å². The summed E-state index contributed by atoms with van der Waals surface area (Å²) in [6.45, 7) is 0. The predicted molar refractivity (Wildman–Crippen MR) is 93.9 cm³/mol. The van der Waals surface area contributed by atoms with Crippen molar-refractivity contribution < 1.29 is 0 Å². The molecule has 21 heavy (non-hydrogen) atoms. The number of nitrogens with zero attached hydrogens (tertiary/aromatic N) is 1. The molecular weight excluding hydrogens is 315 g/mol. The van der Waals surface area contributed by atoms with E-state index in [0.29, 0.717) is 0 Å². The van der Waals surface area contributed by atoms with Crippen LogP contribution < -0.4 is 4.40 Å². The molecule has 3 rings (SSSR count). The van der Waals surface area contributed by atoms with Crippen LogP contribution in [0, 0.1) is 0 Å². The Hall–Kier alpha value is -1.09. The van der Waals surface area contributed by atoms with Gasteiger partial charge in [-0.1, -0.05) is 0 Å². The fraction of sp³-hybridized carbons (Fsp3) is 0.421. The summed E-state index contributed by atoms with van der Waals surface area (Å²) in [5, 5.41) is 0. The number of aromatic nitrogens is 1. The van der Waals surface area contributed by atoms with E-state index < -0.39 is 13.3 Å². The third-order valence-electron chi connectivity index (χ3n) is 4.61. The van der Waals surface area contributed by atoms with Gasteiger partial charge in [-0.15, -0.1) is 0 Å². The van der Waals surface area contributed by atoms with Crippen molar-refractivity contribution in [2.45, 2.75) is 48.9 Å². The maximum absolute atomic E-state index is 4.80. The number of rotatable bonds is 3. The molecule has 1 aliphatic rings. The normalized spacial score (nSPS) is 16.3. The second kappa shape index (κ2) is 5.96. The van der Waals surface area contributed by atoms with E-state index in [9.17, 15) is 0 Å². The third kappa shape index (κ3) is 3.23. The zero-order valence-electron chi connectivity index (χ0n) is 13.4. The molecule has 1 heterocycles. The molecule has 0 bridgehead atoms. The molecule has 0 radical (unpaired) electrons. The molecule has 2 heteroatoms. The first-order valence-electron chi connectivity index (χ1n) is 8.11. The number of hydrogen-bond acceptors (Lipinski definition) is 1. The van der Waals surface area contributed by atoms with Gasteiger partial charge in [-0.25, -0.2) is 0 Å². The minimum absolute atomic E-state index is 0.766. The fourth-order valence-corrected chi connectivity index (χ4v) is 7.02. The zero-order valence-corrected chi connectivity index (χ0v) is 15.5. The molecule has 110 valence electrons. The molecule has 0 atom stereocenters. The van der Waals surface area contributed by atoms with E-state index in [-0.39, 0.29) is 0 Å². The summed E-state index contributed by atoms with van der Waals surface area (Å²) in [5.41, 5.74) is 3.95. The Kier molecular flexibility index (Phi) is 4.21. The molecule has 0 N–H and O–H groups in total. The van der Waals surface area contributed by atoms with Crippen LogP contribution in [0.25, 0.3) is 11.3 Å². The zero-order chi connectivity index (χ0) is 14.9. The third-order valence-corrected chi connectivity index (χ3v) is 8.91. The second-order valence-electron chi connectivity index (χ2n) is 7.25. The topological polar surface area (TPSA) is 12.9 Å². The standard InChI is InChI=1S/C19H25GeN/c1-20(2,3)18-13-19(16-11-5-4-6-12-16)21-14-17(18)15-9-7-8-10-15/h4-6,11-15H,7-10H2,1-3H3. The van der Waals surface area contributed by atoms with Crippen LogP contribution in [0.4, 0.5) is 0 Å². The summed E-state index contributed by atoms with van der Waals surface area (Å²) >= 11 is -1.88. The Labute approximate surface area is 131 Å². The molecule has 0 aliphatic heterocycles. The van der Waals surface area contributed by atoms with Gasteiger partial charge in [0, 0.05) is 0 Å². The van der Waals surface area contributed by atoms with Gasteiger partial charge in [-0.05, 0) is 0 Å². The van der Waals surface area contributed by atoms with E-state index >= 15 is 0 Å². The van der Waals surface area contributed by atoms with Crippen molar-refractivity contribution >= 4 is 17.7 Å². The first kappa shape index (κ1) is 14.8. The van der Waals surface area contributed by atoms with Crippen LogP contribution in [0.2, 0.25) is 17.3 Å². The predicted octanol–water partition coefficient (Wildman–Crippen LogP) is 4.95. The van der Waals surface area contributed by atoms with Crippen molar-refractivity contribution in [2.24, 2.45) is 0 Å². The van der Waals surface area contributed by atoms with E-state index in [4.69, 9.17) is 4.98 Å². The molecule has 1 saturated carbocycles. The van der Waals surface area contributed by atoms with Gasteiger partial charge in [0.05, 0.1) is 0 Å². The van der Waals surface area contributed by atoms with E-state index in [0.717, 1.165) is 11.6 Å². The van der Waals surface area contributed by atoms with Crippen molar-refractivity contribution in [3.63, 3.8) is 0 Å². The van der Waals surface area contributed by atoms with Crippen LogP contribution >= 0.6 is 0 Å². The summed E-state index contributed by atoms with van der Waals surface area (Å²) in [7, 11) is 0. The Morgan fingerprint density at radius 2 is 1.67 bits per heavy atom. The van der Waals surface area contributed by atoms with E-state index in [1.807, 2.05) is 0 Å². The summed E-state index contributed by atoms with van der Waals surface area (Å²) in [6, 6.07) is 13.0. The summed E-state index contributed by atoms with van der Waals surface area (Å²) in [5.74, 6) is 8.27. The van der Waals surface area contributed by atoms with Crippen molar-refractivity contribution in [3.05, 3.63) is 48.2 Å². The molecule has 1 aromatic heterocycles. The average Bonchev–Trinajstić information content (AvgIpc) is 3.01. The molecule has 1 aromatic carbocycles. The monoisotopic (exact) mass is 341 g/mol. The molecule has 0 saturated heterocycles. The van der Waals surface area contributed by atoms with Gasteiger partial charge in [-0.2, -0.15) is 0 Å². The molecule has 0 unspecified atom stereocenters. The number of pyridine rings is 1. The first-order valence-corrected chi connectivity index (χ1v) is 15.5. The van der Waals surface area contributed by atoms with E-state index in [2.05, 4.69) is 59.9 Å². The van der Waals surface area contributed by atoms with Crippen molar-refractivity contribution in [1.29, 1.82) is 0 Å². The first-order chi connectivity index (χ1) is 10.1. The number of benzene rings is 1. The Morgan fingerprint density at radius 1 is 1.00 bits per heavy atom. The van der Waals surface area contributed by atoms with Crippen molar-refractivity contribution in [1.82, 2.24) is 4.98 Å². The Morgan fingerprint density at radius 3 is 2.29 bits per heavy atom. The average molecular weight is 340 g/mol. The van der Waals surface area contributed by atoms with Gasteiger partial charge >= 0.3 is 131 Å². The SMILES string of the molecule is [CH3][Ge]([CH3])([CH3])[c]1cc(-c2ccccc2)ncc1C1CCCC1. The van der Waals surface area contributed by atoms with Gasteiger partial charge in [-0.3, -0.25) is 0 Å². The van der Waals surface area contributed by atoms with Gasteiger partial charge in [0.15, 0.2) is 0 Å². The van der Waals surface area contributed by atoms with Crippen molar-refractivity contribution in [3.8, 4) is 11.3 Å². The number of hydrogen-bond donors (Lipinski definition) is 0. The molecule has 1 aliphatic carbocycles. The van der Waals surface area contributed by atoms with Crippen LogP contribution in [-0.4, -0.2) is 18.3 Å². The van der Waals surface area contributed by atoms with Gasteiger partial charge in [0.2, 0.25) is 0 Å². The minimum atomic E-state index is -1.88. The van der Waals surface area contributed by atoms with Crippen LogP contribution in [0.5, 0.6) is 0 Å². The molecular formula is C19H25GeN. The van der Waals surface area contributed by atoms with E-state index in [1.165, 1.54) is 31.2 Å². The Bertz CT molecular complexity index is 607. The van der Waals surface area contributed by atoms with E-state index in [1.54, 1.807) is 9.96 Å². The van der Waals surface area contributed by atoms with Gasteiger partial charge in [0.25, 0.3) is 0 Å². The molecule has 2 aromatic rings. The summed E-state index contributed by atoms with van der Waals surface area (Å²) in [6.07, 6.45) is 7.70. The van der Waals surface area contributed by atoms with Gasteiger partial charge < -0.3 is 0 Å².